The molecule has 4 rings (SSSR count). The highest BCUT2D eigenvalue weighted by atomic mass is 35.5. The summed E-state index contributed by atoms with van der Waals surface area (Å²) in [5.41, 5.74) is 0.387. The van der Waals surface area contributed by atoms with Crippen molar-refractivity contribution in [2.24, 2.45) is 0 Å². The fourth-order valence-corrected chi connectivity index (χ4v) is 4.38. The van der Waals surface area contributed by atoms with E-state index in [-0.39, 0.29) is 11.9 Å². The van der Waals surface area contributed by atoms with E-state index in [1.54, 1.807) is 6.07 Å². The molecule has 1 amide bonds. The number of hydrogen-bond acceptors (Lipinski definition) is 5. The number of carbonyl (C=O) groups excluding carboxylic acids is 1. The minimum Gasteiger partial charge on any atom is -0.355 e. The molecule has 22 heavy (non-hydrogen) atoms. The third kappa shape index (κ3) is 2.45. The van der Waals surface area contributed by atoms with Crippen LogP contribution in [0.1, 0.15) is 29.8 Å². The van der Waals surface area contributed by atoms with Crippen molar-refractivity contribution in [1.29, 1.82) is 0 Å². The molecule has 2 fully saturated rings. The Morgan fingerprint density at radius 1 is 1.36 bits per heavy atom. The quantitative estimate of drug-likeness (QED) is 0.915. The maximum Gasteiger partial charge on any atom is 0.276 e. The third-order valence-corrected chi connectivity index (χ3v) is 5.68. The van der Waals surface area contributed by atoms with Gasteiger partial charge in [0.1, 0.15) is 0 Å². The average molecular weight is 338 g/mol. The molecule has 2 bridgehead atoms. The van der Waals surface area contributed by atoms with Crippen LogP contribution in [0.4, 0.5) is 0 Å². The molecule has 4 heterocycles. The Morgan fingerprint density at radius 3 is 3.05 bits per heavy atom. The van der Waals surface area contributed by atoms with Gasteiger partial charge < -0.3 is 14.7 Å². The Kier molecular flexibility index (Phi) is 3.68. The van der Waals surface area contributed by atoms with E-state index in [9.17, 15) is 4.79 Å². The first kappa shape index (κ1) is 14.2. The SMILES string of the molecule is O=C(c1cc(-c2ccc(Cl)s2)on1)N1C2CCNCC1CC2. The highest BCUT2D eigenvalue weighted by Crippen LogP contribution is 2.33. The molecule has 0 saturated carbocycles. The molecule has 2 aliphatic rings. The molecule has 0 radical (unpaired) electrons. The number of fused-ring (bicyclic) bond motifs is 2. The number of carbonyl (C=O) groups is 1. The molecule has 116 valence electrons. The zero-order valence-electron chi connectivity index (χ0n) is 11.9. The summed E-state index contributed by atoms with van der Waals surface area (Å²) in [6.07, 6.45) is 3.16. The summed E-state index contributed by atoms with van der Waals surface area (Å²) in [7, 11) is 0. The van der Waals surface area contributed by atoms with Crippen LogP contribution in [0.2, 0.25) is 4.34 Å². The minimum absolute atomic E-state index is 0.0196. The van der Waals surface area contributed by atoms with Gasteiger partial charge in [0.25, 0.3) is 5.91 Å². The van der Waals surface area contributed by atoms with Gasteiger partial charge in [0.15, 0.2) is 11.5 Å². The number of nitrogens with zero attached hydrogens (tertiary/aromatic N) is 2. The molecule has 2 unspecified atom stereocenters. The first-order chi connectivity index (χ1) is 10.7. The number of nitrogens with one attached hydrogen (secondary N) is 1. The predicted molar refractivity (Wildman–Crippen MR) is 85.3 cm³/mol. The van der Waals surface area contributed by atoms with Gasteiger partial charge >= 0.3 is 0 Å². The number of halogens is 1. The Bertz CT molecular complexity index is 685. The largest absolute Gasteiger partial charge is 0.355 e. The fraction of sp³-hybridized carbons (Fsp3) is 0.467. The molecule has 0 aromatic carbocycles. The molecule has 5 nitrogen and oxygen atoms in total. The first-order valence-electron chi connectivity index (χ1n) is 7.48. The van der Waals surface area contributed by atoms with E-state index in [4.69, 9.17) is 16.1 Å². The second-order valence-corrected chi connectivity index (χ2v) is 7.49. The van der Waals surface area contributed by atoms with Crippen molar-refractivity contribution in [2.45, 2.75) is 31.3 Å². The van der Waals surface area contributed by atoms with E-state index in [0.29, 0.717) is 21.8 Å². The van der Waals surface area contributed by atoms with Crippen LogP contribution in [0.5, 0.6) is 0 Å². The van der Waals surface area contributed by atoms with Crippen LogP contribution >= 0.6 is 22.9 Å². The molecule has 0 aliphatic carbocycles. The summed E-state index contributed by atoms with van der Waals surface area (Å²) in [6.45, 7) is 1.84. The number of thiophene rings is 1. The molecule has 1 N–H and O–H groups in total. The van der Waals surface area contributed by atoms with Gasteiger partial charge in [0.05, 0.1) is 9.21 Å². The maximum atomic E-state index is 12.8. The van der Waals surface area contributed by atoms with Crippen LogP contribution in [0, 0.1) is 0 Å². The first-order valence-corrected chi connectivity index (χ1v) is 8.67. The molecular formula is C15H16ClN3O2S. The van der Waals surface area contributed by atoms with Gasteiger partial charge in [-0.2, -0.15) is 0 Å². The van der Waals surface area contributed by atoms with Crippen molar-refractivity contribution in [3.8, 4) is 10.6 Å². The van der Waals surface area contributed by atoms with Crippen molar-refractivity contribution in [3.63, 3.8) is 0 Å². The maximum absolute atomic E-state index is 12.8. The molecule has 2 saturated heterocycles. The predicted octanol–water partition coefficient (Wildman–Crippen LogP) is 3.02. The van der Waals surface area contributed by atoms with E-state index in [1.807, 2.05) is 17.0 Å². The van der Waals surface area contributed by atoms with Crippen LogP contribution in [-0.2, 0) is 0 Å². The lowest BCUT2D eigenvalue weighted by Gasteiger charge is -2.26. The van der Waals surface area contributed by atoms with Crippen LogP contribution < -0.4 is 5.32 Å². The highest BCUT2D eigenvalue weighted by Gasteiger charge is 2.39. The molecule has 2 aromatic heterocycles. The highest BCUT2D eigenvalue weighted by molar-refractivity contribution is 7.19. The van der Waals surface area contributed by atoms with E-state index in [2.05, 4.69) is 10.5 Å². The van der Waals surface area contributed by atoms with Gasteiger partial charge in [-0.05, 0) is 37.9 Å². The van der Waals surface area contributed by atoms with Gasteiger partial charge in [-0.1, -0.05) is 16.8 Å². The number of rotatable bonds is 2. The van der Waals surface area contributed by atoms with Gasteiger partial charge in [-0.25, -0.2) is 0 Å². The van der Waals surface area contributed by atoms with Crippen LogP contribution in [-0.4, -0.2) is 41.1 Å². The summed E-state index contributed by atoms with van der Waals surface area (Å²) in [5, 5.41) is 7.38. The van der Waals surface area contributed by atoms with Gasteiger partial charge in [-0.3, -0.25) is 4.79 Å². The van der Waals surface area contributed by atoms with E-state index in [1.165, 1.54) is 11.3 Å². The fourth-order valence-electron chi connectivity index (χ4n) is 3.39. The second-order valence-electron chi connectivity index (χ2n) is 5.77. The third-order valence-electron chi connectivity index (χ3n) is 4.43. The molecule has 0 spiro atoms. The lowest BCUT2D eigenvalue weighted by Crippen LogP contribution is -2.42. The van der Waals surface area contributed by atoms with E-state index < -0.39 is 0 Å². The van der Waals surface area contributed by atoms with Crippen molar-refractivity contribution < 1.29 is 9.32 Å². The monoisotopic (exact) mass is 337 g/mol. The number of hydrogen-bond donors (Lipinski definition) is 1. The average Bonchev–Trinajstić information content (AvgIpc) is 3.16. The zero-order chi connectivity index (χ0) is 15.1. The van der Waals surface area contributed by atoms with Crippen molar-refractivity contribution in [3.05, 3.63) is 28.2 Å². The van der Waals surface area contributed by atoms with Crippen LogP contribution in [0.3, 0.4) is 0 Å². The second kappa shape index (κ2) is 5.68. The summed E-state index contributed by atoms with van der Waals surface area (Å²) < 4.78 is 6.03. The van der Waals surface area contributed by atoms with Crippen molar-refractivity contribution in [1.82, 2.24) is 15.4 Å². The topological polar surface area (TPSA) is 58.4 Å². The molecule has 2 atom stereocenters. The van der Waals surface area contributed by atoms with Crippen LogP contribution in [0.15, 0.2) is 22.7 Å². The smallest absolute Gasteiger partial charge is 0.276 e. The Hall–Kier alpha value is -1.37. The Balaban J connectivity index is 1.59. The standard InChI is InChI=1S/C15H16ClN3O2S/c16-14-4-3-13(22-14)12-7-11(18-21-12)15(20)19-9-1-2-10(19)8-17-6-5-9/h3-4,7,9-10,17H,1-2,5-6,8H2. The molecule has 2 aliphatic heterocycles. The summed E-state index contributed by atoms with van der Waals surface area (Å²) in [5.74, 6) is 0.578. The van der Waals surface area contributed by atoms with Crippen LogP contribution in [0.25, 0.3) is 10.6 Å². The van der Waals surface area contributed by atoms with E-state index >= 15 is 0 Å². The lowest BCUT2D eigenvalue weighted by atomic mass is 10.1. The molecular weight excluding hydrogens is 322 g/mol. The lowest BCUT2D eigenvalue weighted by molar-refractivity contribution is 0.0669. The van der Waals surface area contributed by atoms with E-state index in [0.717, 1.165) is 37.2 Å². The zero-order valence-corrected chi connectivity index (χ0v) is 13.5. The minimum atomic E-state index is -0.0196. The number of amides is 1. The Labute approximate surface area is 137 Å². The molecule has 2 aromatic rings. The van der Waals surface area contributed by atoms with Gasteiger partial charge in [0, 0.05) is 24.7 Å². The number of aromatic nitrogens is 1. The normalized spacial score (nSPS) is 24.5. The Morgan fingerprint density at radius 2 is 2.23 bits per heavy atom. The molecule has 7 heteroatoms. The summed E-state index contributed by atoms with van der Waals surface area (Å²) >= 11 is 7.36. The summed E-state index contributed by atoms with van der Waals surface area (Å²) in [6, 6.07) is 6.01. The van der Waals surface area contributed by atoms with Crippen molar-refractivity contribution in [2.75, 3.05) is 13.1 Å². The van der Waals surface area contributed by atoms with Gasteiger partial charge in [0.2, 0.25) is 0 Å². The van der Waals surface area contributed by atoms with Crippen molar-refractivity contribution >= 4 is 28.8 Å². The summed E-state index contributed by atoms with van der Waals surface area (Å²) in [4.78, 5) is 15.7. The van der Waals surface area contributed by atoms with Gasteiger partial charge in [-0.15, -0.1) is 11.3 Å².